The van der Waals surface area contributed by atoms with Crippen LogP contribution in [0.2, 0.25) is 0 Å². The first-order chi connectivity index (χ1) is 9.96. The molecule has 0 spiro atoms. The molecule has 1 aliphatic heterocycles. The molecule has 116 valence electrons. The number of rotatable bonds is 4. The molecule has 0 aromatic heterocycles. The predicted octanol–water partition coefficient (Wildman–Crippen LogP) is 3.60. The lowest BCUT2D eigenvalue weighted by molar-refractivity contribution is 0.00883. The molecule has 4 nitrogen and oxygen atoms in total. The van der Waals surface area contributed by atoms with E-state index in [0.29, 0.717) is 13.2 Å². The topological polar surface area (TPSA) is 38.8 Å². The van der Waals surface area contributed by atoms with Gasteiger partial charge < -0.3 is 14.4 Å². The van der Waals surface area contributed by atoms with Crippen molar-refractivity contribution in [2.24, 2.45) is 0 Å². The second kappa shape index (κ2) is 6.94. The second-order valence-corrected chi connectivity index (χ2v) is 6.47. The van der Waals surface area contributed by atoms with Gasteiger partial charge in [-0.1, -0.05) is 30.3 Å². The monoisotopic (exact) mass is 291 g/mol. The number of hydrogen-bond acceptors (Lipinski definition) is 3. The summed E-state index contributed by atoms with van der Waals surface area (Å²) in [7, 11) is 0. The Morgan fingerprint density at radius 1 is 1.29 bits per heavy atom. The van der Waals surface area contributed by atoms with Gasteiger partial charge in [0, 0.05) is 6.54 Å². The van der Waals surface area contributed by atoms with E-state index < -0.39 is 5.60 Å². The Bertz CT molecular complexity index is 453. The fourth-order valence-electron chi connectivity index (χ4n) is 2.46. The van der Waals surface area contributed by atoms with Gasteiger partial charge in [-0.3, -0.25) is 0 Å². The maximum Gasteiger partial charge on any atom is 0.410 e. The predicted molar refractivity (Wildman–Crippen MR) is 82.1 cm³/mol. The zero-order valence-corrected chi connectivity index (χ0v) is 13.2. The molecule has 1 fully saturated rings. The van der Waals surface area contributed by atoms with Gasteiger partial charge in [0.1, 0.15) is 5.60 Å². The van der Waals surface area contributed by atoms with E-state index in [4.69, 9.17) is 9.47 Å². The summed E-state index contributed by atoms with van der Waals surface area (Å²) in [5.74, 6) is 0. The lowest BCUT2D eigenvalue weighted by atomic mass is 10.2. The molecule has 0 unspecified atom stereocenters. The molecule has 0 radical (unpaired) electrons. The van der Waals surface area contributed by atoms with Crippen molar-refractivity contribution in [3.63, 3.8) is 0 Å². The minimum absolute atomic E-state index is 0.128. The number of likely N-dealkylation sites (tertiary alicyclic amines) is 1. The minimum Gasteiger partial charge on any atom is -0.444 e. The average molecular weight is 291 g/mol. The normalized spacial score (nSPS) is 18.8. The number of amides is 1. The molecule has 1 amide bonds. The van der Waals surface area contributed by atoms with E-state index in [2.05, 4.69) is 0 Å². The number of benzene rings is 1. The van der Waals surface area contributed by atoms with Crippen LogP contribution in [0.15, 0.2) is 30.3 Å². The standard InChI is InChI=1S/C17H25NO3/c1-17(2,3)21-16(19)18-11-7-10-15(18)13-20-12-14-8-5-4-6-9-14/h4-6,8-9,15H,7,10-13H2,1-3H3/t15-/m0/s1. The fraction of sp³-hybridized carbons (Fsp3) is 0.588. The molecule has 0 saturated carbocycles. The molecule has 1 atom stereocenters. The SMILES string of the molecule is CC(C)(C)OC(=O)N1CCC[C@H]1COCc1ccccc1. The summed E-state index contributed by atoms with van der Waals surface area (Å²) < 4.78 is 11.2. The number of carbonyl (C=O) groups excluding carboxylic acids is 1. The summed E-state index contributed by atoms with van der Waals surface area (Å²) in [6.45, 7) is 7.58. The smallest absolute Gasteiger partial charge is 0.410 e. The Balaban J connectivity index is 1.80. The first-order valence-corrected chi connectivity index (χ1v) is 7.57. The Kier molecular flexibility index (Phi) is 5.23. The molecule has 2 rings (SSSR count). The van der Waals surface area contributed by atoms with Crippen molar-refractivity contribution in [1.29, 1.82) is 0 Å². The highest BCUT2D eigenvalue weighted by Crippen LogP contribution is 2.21. The zero-order valence-electron chi connectivity index (χ0n) is 13.2. The molecule has 1 aromatic carbocycles. The Labute approximate surface area is 127 Å². The van der Waals surface area contributed by atoms with Gasteiger partial charge in [0.15, 0.2) is 0 Å². The van der Waals surface area contributed by atoms with E-state index in [9.17, 15) is 4.79 Å². The molecule has 0 bridgehead atoms. The van der Waals surface area contributed by atoms with Crippen LogP contribution in [0.5, 0.6) is 0 Å². The molecule has 4 heteroatoms. The molecule has 1 aliphatic rings. The van der Waals surface area contributed by atoms with Crippen LogP contribution >= 0.6 is 0 Å². The van der Waals surface area contributed by atoms with Crippen LogP contribution in [0.25, 0.3) is 0 Å². The van der Waals surface area contributed by atoms with Gasteiger partial charge in [0.2, 0.25) is 0 Å². The van der Waals surface area contributed by atoms with Crippen LogP contribution in [0.4, 0.5) is 4.79 Å². The number of carbonyl (C=O) groups is 1. The van der Waals surface area contributed by atoms with Crippen LogP contribution in [0.3, 0.4) is 0 Å². The van der Waals surface area contributed by atoms with E-state index in [0.717, 1.165) is 24.9 Å². The Morgan fingerprint density at radius 2 is 2.00 bits per heavy atom. The fourth-order valence-corrected chi connectivity index (χ4v) is 2.46. The van der Waals surface area contributed by atoms with Crippen LogP contribution in [0.1, 0.15) is 39.2 Å². The minimum atomic E-state index is -0.449. The molecule has 0 aliphatic carbocycles. The van der Waals surface area contributed by atoms with Gasteiger partial charge in [-0.15, -0.1) is 0 Å². The summed E-state index contributed by atoms with van der Waals surface area (Å²) in [6, 6.07) is 10.2. The quantitative estimate of drug-likeness (QED) is 0.850. The van der Waals surface area contributed by atoms with Crippen molar-refractivity contribution in [1.82, 2.24) is 4.90 Å². The van der Waals surface area contributed by atoms with Gasteiger partial charge in [-0.25, -0.2) is 4.79 Å². The van der Waals surface area contributed by atoms with E-state index >= 15 is 0 Å². The van der Waals surface area contributed by atoms with Gasteiger partial charge in [-0.05, 0) is 39.2 Å². The van der Waals surface area contributed by atoms with Crippen LogP contribution < -0.4 is 0 Å². The number of hydrogen-bond donors (Lipinski definition) is 0. The number of nitrogens with zero attached hydrogens (tertiary/aromatic N) is 1. The summed E-state index contributed by atoms with van der Waals surface area (Å²) in [5, 5.41) is 0. The molecule has 1 aromatic rings. The third-order valence-electron chi connectivity index (χ3n) is 3.43. The molecular formula is C17H25NO3. The molecule has 0 N–H and O–H groups in total. The number of ether oxygens (including phenoxy) is 2. The van der Waals surface area contributed by atoms with E-state index in [1.165, 1.54) is 0 Å². The molecule has 1 saturated heterocycles. The summed E-state index contributed by atoms with van der Waals surface area (Å²) in [5.41, 5.74) is 0.703. The maximum absolute atomic E-state index is 12.2. The van der Waals surface area contributed by atoms with Crippen LogP contribution in [-0.2, 0) is 16.1 Å². The summed E-state index contributed by atoms with van der Waals surface area (Å²) in [4.78, 5) is 14.0. The van der Waals surface area contributed by atoms with E-state index in [1.54, 1.807) is 4.90 Å². The molecule has 1 heterocycles. The van der Waals surface area contributed by atoms with Crippen molar-refractivity contribution in [3.8, 4) is 0 Å². The average Bonchev–Trinajstić information content (AvgIpc) is 2.86. The van der Waals surface area contributed by atoms with E-state index in [-0.39, 0.29) is 12.1 Å². The summed E-state index contributed by atoms with van der Waals surface area (Å²) >= 11 is 0. The molecule has 21 heavy (non-hydrogen) atoms. The molecular weight excluding hydrogens is 266 g/mol. The second-order valence-electron chi connectivity index (χ2n) is 6.47. The lowest BCUT2D eigenvalue weighted by Crippen LogP contribution is -2.41. The van der Waals surface area contributed by atoms with Gasteiger partial charge >= 0.3 is 6.09 Å². The largest absolute Gasteiger partial charge is 0.444 e. The first kappa shape index (κ1) is 15.8. The summed E-state index contributed by atoms with van der Waals surface area (Å²) in [6.07, 6.45) is 1.76. The van der Waals surface area contributed by atoms with Gasteiger partial charge in [0.25, 0.3) is 0 Å². The van der Waals surface area contributed by atoms with E-state index in [1.807, 2.05) is 51.1 Å². The Hall–Kier alpha value is -1.55. The Morgan fingerprint density at radius 3 is 2.67 bits per heavy atom. The van der Waals surface area contributed by atoms with Gasteiger partial charge in [-0.2, -0.15) is 0 Å². The van der Waals surface area contributed by atoms with Crippen molar-refractivity contribution in [2.75, 3.05) is 13.2 Å². The first-order valence-electron chi connectivity index (χ1n) is 7.57. The van der Waals surface area contributed by atoms with Crippen molar-refractivity contribution < 1.29 is 14.3 Å². The van der Waals surface area contributed by atoms with Crippen molar-refractivity contribution in [2.45, 2.75) is 51.9 Å². The highest BCUT2D eigenvalue weighted by molar-refractivity contribution is 5.68. The highest BCUT2D eigenvalue weighted by Gasteiger charge is 2.32. The third-order valence-corrected chi connectivity index (χ3v) is 3.43. The van der Waals surface area contributed by atoms with Crippen LogP contribution in [-0.4, -0.2) is 35.8 Å². The highest BCUT2D eigenvalue weighted by atomic mass is 16.6. The lowest BCUT2D eigenvalue weighted by Gasteiger charge is -2.28. The van der Waals surface area contributed by atoms with Gasteiger partial charge in [0.05, 0.1) is 19.3 Å². The zero-order chi connectivity index (χ0) is 15.3. The van der Waals surface area contributed by atoms with Crippen molar-refractivity contribution in [3.05, 3.63) is 35.9 Å². The third kappa shape index (κ3) is 5.05. The van der Waals surface area contributed by atoms with Crippen LogP contribution in [0, 0.1) is 0 Å². The maximum atomic E-state index is 12.2. The van der Waals surface area contributed by atoms with Crippen molar-refractivity contribution >= 4 is 6.09 Å².